The van der Waals surface area contributed by atoms with Crippen LogP contribution in [0.3, 0.4) is 0 Å². The van der Waals surface area contributed by atoms with Crippen molar-refractivity contribution in [2.45, 2.75) is 31.9 Å². The smallest absolute Gasteiger partial charge is 0.328 e. The van der Waals surface area contributed by atoms with E-state index >= 15 is 0 Å². The van der Waals surface area contributed by atoms with Crippen molar-refractivity contribution in [3.05, 3.63) is 59.9 Å². The van der Waals surface area contributed by atoms with E-state index in [0.29, 0.717) is 6.61 Å². The molecule has 1 saturated heterocycles. The van der Waals surface area contributed by atoms with Gasteiger partial charge in [-0.15, -0.1) is 0 Å². The summed E-state index contributed by atoms with van der Waals surface area (Å²) in [5.41, 5.74) is 0.806. The number of para-hydroxylation sites is 1. The van der Waals surface area contributed by atoms with Gasteiger partial charge in [-0.1, -0.05) is 24.3 Å². The van der Waals surface area contributed by atoms with E-state index in [1.54, 1.807) is 24.3 Å². The molecule has 0 spiro atoms. The summed E-state index contributed by atoms with van der Waals surface area (Å²) in [4.78, 5) is 26.5. The molecule has 3 rings (SSSR count). The molecule has 0 aromatic heterocycles. The van der Waals surface area contributed by atoms with Crippen LogP contribution in [0.25, 0.3) is 0 Å². The molecule has 2 aromatic carbocycles. The molecule has 0 saturated carbocycles. The standard InChI is InChI=1S/C22H24FNO5/c1-3-28-16-10-8-15(9-11-16)12-21(25)24-14-17(13-19(24)22(26)27-2)29-20-7-5-4-6-18(20)23/h4-11,17,19H,3,12-14H2,1-2H3. The van der Waals surface area contributed by atoms with Crippen molar-refractivity contribution < 1.29 is 28.2 Å². The third kappa shape index (κ3) is 5.04. The molecule has 1 aliphatic rings. The van der Waals surface area contributed by atoms with Crippen LogP contribution in [0.5, 0.6) is 11.5 Å². The molecule has 0 radical (unpaired) electrons. The molecule has 0 N–H and O–H groups in total. The number of halogens is 1. The fraction of sp³-hybridized carbons (Fsp3) is 0.364. The maximum atomic E-state index is 13.9. The Morgan fingerprint density at radius 3 is 2.52 bits per heavy atom. The Kier molecular flexibility index (Phi) is 6.69. The first-order chi connectivity index (χ1) is 14.0. The Morgan fingerprint density at radius 2 is 1.86 bits per heavy atom. The van der Waals surface area contributed by atoms with Crippen LogP contribution in [-0.2, 0) is 20.7 Å². The van der Waals surface area contributed by atoms with Gasteiger partial charge in [0.15, 0.2) is 11.6 Å². The number of methoxy groups -OCH3 is 1. The van der Waals surface area contributed by atoms with Gasteiger partial charge in [0.2, 0.25) is 5.91 Å². The van der Waals surface area contributed by atoms with Crippen molar-refractivity contribution >= 4 is 11.9 Å². The van der Waals surface area contributed by atoms with Crippen LogP contribution in [0, 0.1) is 5.82 Å². The predicted octanol–water partition coefficient (Wildman–Crippen LogP) is 2.99. The number of carbonyl (C=O) groups excluding carboxylic acids is 2. The van der Waals surface area contributed by atoms with E-state index in [1.165, 1.54) is 24.1 Å². The van der Waals surface area contributed by atoms with Gasteiger partial charge in [0, 0.05) is 6.42 Å². The van der Waals surface area contributed by atoms with Gasteiger partial charge in [0.25, 0.3) is 0 Å². The van der Waals surface area contributed by atoms with Crippen LogP contribution in [0.2, 0.25) is 0 Å². The topological polar surface area (TPSA) is 65.1 Å². The van der Waals surface area contributed by atoms with Crippen LogP contribution < -0.4 is 9.47 Å². The maximum absolute atomic E-state index is 13.9. The number of hydrogen-bond acceptors (Lipinski definition) is 5. The van der Waals surface area contributed by atoms with Crippen molar-refractivity contribution in [2.75, 3.05) is 20.3 Å². The summed E-state index contributed by atoms with van der Waals surface area (Å²) in [5, 5.41) is 0. The number of amides is 1. The second-order valence-electron chi connectivity index (χ2n) is 6.74. The normalized spacial score (nSPS) is 18.4. The van der Waals surface area contributed by atoms with Crippen LogP contribution in [0.1, 0.15) is 18.9 Å². The third-order valence-electron chi connectivity index (χ3n) is 4.78. The van der Waals surface area contributed by atoms with Gasteiger partial charge in [-0.3, -0.25) is 4.79 Å². The minimum atomic E-state index is -0.757. The number of carbonyl (C=O) groups is 2. The SMILES string of the molecule is CCOc1ccc(CC(=O)N2CC(Oc3ccccc3F)CC2C(=O)OC)cc1. The van der Waals surface area contributed by atoms with Crippen LogP contribution in [0.4, 0.5) is 4.39 Å². The number of rotatable bonds is 7. The van der Waals surface area contributed by atoms with Crippen molar-refractivity contribution in [3.63, 3.8) is 0 Å². The lowest BCUT2D eigenvalue weighted by atomic mass is 10.1. The molecule has 154 valence electrons. The Morgan fingerprint density at radius 1 is 1.14 bits per heavy atom. The van der Waals surface area contributed by atoms with E-state index in [4.69, 9.17) is 14.2 Å². The molecule has 2 aromatic rings. The summed E-state index contributed by atoms with van der Waals surface area (Å²) in [6.45, 7) is 2.65. The van der Waals surface area contributed by atoms with Gasteiger partial charge in [0.1, 0.15) is 17.9 Å². The second-order valence-corrected chi connectivity index (χ2v) is 6.74. The Hall–Kier alpha value is -3.09. The summed E-state index contributed by atoms with van der Waals surface area (Å²) in [6, 6.07) is 12.5. The van der Waals surface area contributed by atoms with E-state index in [2.05, 4.69) is 0 Å². The monoisotopic (exact) mass is 401 g/mol. The lowest BCUT2D eigenvalue weighted by Gasteiger charge is -2.22. The number of esters is 1. The molecule has 0 aliphatic carbocycles. The Bertz CT molecular complexity index is 855. The summed E-state index contributed by atoms with van der Waals surface area (Å²) in [6.07, 6.45) is -0.122. The Balaban J connectivity index is 1.70. The highest BCUT2D eigenvalue weighted by Gasteiger charge is 2.41. The number of ether oxygens (including phenoxy) is 3. The third-order valence-corrected chi connectivity index (χ3v) is 4.78. The number of benzene rings is 2. The Labute approximate surface area is 169 Å². The minimum absolute atomic E-state index is 0.0990. The van der Waals surface area contributed by atoms with Gasteiger partial charge in [0.05, 0.1) is 26.7 Å². The zero-order valence-corrected chi connectivity index (χ0v) is 16.5. The molecule has 1 fully saturated rings. The molecule has 7 heteroatoms. The molecule has 29 heavy (non-hydrogen) atoms. The number of likely N-dealkylation sites (tertiary alicyclic amines) is 1. The molecule has 2 unspecified atom stereocenters. The van der Waals surface area contributed by atoms with Crippen molar-refractivity contribution in [1.29, 1.82) is 0 Å². The highest BCUT2D eigenvalue weighted by Crippen LogP contribution is 2.26. The van der Waals surface area contributed by atoms with Gasteiger partial charge in [-0.25, -0.2) is 9.18 Å². The first-order valence-electron chi connectivity index (χ1n) is 9.52. The van der Waals surface area contributed by atoms with Crippen molar-refractivity contribution in [3.8, 4) is 11.5 Å². The number of hydrogen-bond donors (Lipinski definition) is 0. The van der Waals surface area contributed by atoms with Gasteiger partial charge < -0.3 is 19.1 Å². The van der Waals surface area contributed by atoms with Crippen LogP contribution in [-0.4, -0.2) is 49.2 Å². The average molecular weight is 401 g/mol. The van der Waals surface area contributed by atoms with Crippen LogP contribution in [0.15, 0.2) is 48.5 Å². The summed E-state index contributed by atoms with van der Waals surface area (Å²) in [7, 11) is 1.28. The van der Waals surface area contributed by atoms with Gasteiger partial charge >= 0.3 is 5.97 Å². The predicted molar refractivity (Wildman–Crippen MR) is 104 cm³/mol. The second kappa shape index (κ2) is 9.41. The molecular formula is C22H24FNO5. The zero-order chi connectivity index (χ0) is 20.8. The fourth-order valence-electron chi connectivity index (χ4n) is 3.38. The van der Waals surface area contributed by atoms with Crippen LogP contribution >= 0.6 is 0 Å². The van der Waals surface area contributed by atoms with Crippen molar-refractivity contribution in [2.24, 2.45) is 0 Å². The first kappa shape index (κ1) is 20.6. The summed E-state index contributed by atoms with van der Waals surface area (Å²) >= 11 is 0. The van der Waals surface area contributed by atoms with Crippen molar-refractivity contribution in [1.82, 2.24) is 4.90 Å². The lowest BCUT2D eigenvalue weighted by molar-refractivity contribution is -0.150. The van der Waals surface area contributed by atoms with E-state index in [9.17, 15) is 14.0 Å². The molecule has 2 atom stereocenters. The molecule has 1 heterocycles. The quantitative estimate of drug-likeness (QED) is 0.668. The van der Waals surface area contributed by atoms with E-state index in [-0.39, 0.29) is 31.0 Å². The van der Waals surface area contributed by atoms with E-state index < -0.39 is 23.9 Å². The molecule has 6 nitrogen and oxygen atoms in total. The van der Waals surface area contributed by atoms with E-state index in [1.807, 2.05) is 19.1 Å². The fourth-order valence-corrected chi connectivity index (χ4v) is 3.38. The first-order valence-corrected chi connectivity index (χ1v) is 9.52. The van der Waals surface area contributed by atoms with Gasteiger partial charge in [-0.2, -0.15) is 0 Å². The lowest BCUT2D eigenvalue weighted by Crippen LogP contribution is -2.42. The highest BCUT2D eigenvalue weighted by molar-refractivity contribution is 5.86. The van der Waals surface area contributed by atoms with E-state index in [0.717, 1.165) is 11.3 Å². The summed E-state index contributed by atoms with van der Waals surface area (Å²) < 4.78 is 29.9. The highest BCUT2D eigenvalue weighted by atomic mass is 19.1. The molecule has 1 amide bonds. The molecule has 1 aliphatic heterocycles. The average Bonchev–Trinajstić information content (AvgIpc) is 3.15. The number of nitrogens with zero attached hydrogens (tertiary/aromatic N) is 1. The molecular weight excluding hydrogens is 377 g/mol. The minimum Gasteiger partial charge on any atom is -0.494 e. The molecule has 0 bridgehead atoms. The largest absolute Gasteiger partial charge is 0.494 e. The van der Waals surface area contributed by atoms with Gasteiger partial charge in [-0.05, 0) is 36.8 Å². The zero-order valence-electron chi connectivity index (χ0n) is 16.5. The summed E-state index contributed by atoms with van der Waals surface area (Å²) in [5.74, 6) is -0.382. The maximum Gasteiger partial charge on any atom is 0.328 e.